The lowest BCUT2D eigenvalue weighted by Crippen LogP contribution is -2.36. The molecule has 0 aromatic heterocycles. The molecule has 1 N–H and O–H groups in total. The summed E-state index contributed by atoms with van der Waals surface area (Å²) >= 11 is 5.93. The average molecular weight is 362 g/mol. The van der Waals surface area contributed by atoms with Gasteiger partial charge < -0.3 is 14.8 Å². The Hall–Kier alpha value is -2.04. The third kappa shape index (κ3) is 6.40. The summed E-state index contributed by atoms with van der Waals surface area (Å²) in [5, 5.41) is 3.48. The standard InChI is InChI=1S/C20H24ClNO3/c1-14(2)24-13-17-8-5-4-7-16(17)12-22-20(23)15(3)25-19-10-6-9-18(21)11-19/h4-11,14-15H,12-13H2,1-3H3,(H,22,23). The fraction of sp³-hybridized carbons (Fsp3) is 0.350. The van der Waals surface area contributed by atoms with Gasteiger partial charge in [0.1, 0.15) is 5.75 Å². The molecule has 0 heterocycles. The van der Waals surface area contributed by atoms with Crippen LogP contribution < -0.4 is 10.1 Å². The van der Waals surface area contributed by atoms with E-state index in [1.165, 1.54) is 0 Å². The number of rotatable bonds is 8. The van der Waals surface area contributed by atoms with Crippen LogP contribution in [0.5, 0.6) is 5.75 Å². The number of carbonyl (C=O) groups is 1. The zero-order chi connectivity index (χ0) is 18.2. The molecule has 2 aromatic rings. The van der Waals surface area contributed by atoms with Gasteiger partial charge in [-0.1, -0.05) is 41.9 Å². The number of hydrogen-bond donors (Lipinski definition) is 1. The predicted octanol–water partition coefficient (Wildman–Crippen LogP) is 4.35. The number of benzene rings is 2. The van der Waals surface area contributed by atoms with Crippen molar-refractivity contribution >= 4 is 17.5 Å². The second-order valence-corrected chi connectivity index (χ2v) is 6.50. The normalized spacial score (nSPS) is 12.0. The van der Waals surface area contributed by atoms with Crippen LogP contribution in [0.1, 0.15) is 31.9 Å². The Morgan fingerprint density at radius 3 is 2.48 bits per heavy atom. The number of ether oxygens (including phenoxy) is 2. The Balaban J connectivity index is 1.91. The molecule has 2 aromatic carbocycles. The number of amides is 1. The maximum Gasteiger partial charge on any atom is 0.261 e. The van der Waals surface area contributed by atoms with Crippen LogP contribution in [0.2, 0.25) is 5.02 Å². The highest BCUT2D eigenvalue weighted by molar-refractivity contribution is 6.30. The van der Waals surface area contributed by atoms with E-state index in [4.69, 9.17) is 21.1 Å². The molecule has 0 spiro atoms. The molecule has 1 amide bonds. The van der Waals surface area contributed by atoms with Gasteiger partial charge in [-0.2, -0.15) is 0 Å². The van der Waals surface area contributed by atoms with E-state index in [0.29, 0.717) is 23.9 Å². The number of halogens is 1. The minimum atomic E-state index is -0.613. The van der Waals surface area contributed by atoms with E-state index in [2.05, 4.69) is 5.32 Å². The third-order valence-corrected chi connectivity index (χ3v) is 3.86. The summed E-state index contributed by atoms with van der Waals surface area (Å²) < 4.78 is 11.3. The van der Waals surface area contributed by atoms with Gasteiger partial charge in [-0.25, -0.2) is 0 Å². The molecule has 0 aliphatic carbocycles. The van der Waals surface area contributed by atoms with Gasteiger partial charge in [0, 0.05) is 11.6 Å². The van der Waals surface area contributed by atoms with E-state index in [1.54, 1.807) is 31.2 Å². The Morgan fingerprint density at radius 1 is 1.08 bits per heavy atom. The van der Waals surface area contributed by atoms with Crippen LogP contribution >= 0.6 is 11.6 Å². The molecular formula is C20H24ClNO3. The first-order valence-electron chi connectivity index (χ1n) is 8.34. The zero-order valence-corrected chi connectivity index (χ0v) is 15.5. The molecule has 0 aliphatic rings. The fourth-order valence-electron chi connectivity index (χ4n) is 2.25. The van der Waals surface area contributed by atoms with E-state index in [1.807, 2.05) is 38.1 Å². The van der Waals surface area contributed by atoms with Crippen LogP contribution in [0.25, 0.3) is 0 Å². The molecule has 0 bridgehead atoms. The van der Waals surface area contributed by atoms with Crippen LogP contribution in [0.15, 0.2) is 48.5 Å². The minimum Gasteiger partial charge on any atom is -0.481 e. The second-order valence-electron chi connectivity index (χ2n) is 6.06. The Bertz CT molecular complexity index is 703. The van der Waals surface area contributed by atoms with Crippen molar-refractivity contribution < 1.29 is 14.3 Å². The molecule has 134 valence electrons. The summed E-state index contributed by atoms with van der Waals surface area (Å²) in [7, 11) is 0. The van der Waals surface area contributed by atoms with Crippen molar-refractivity contribution in [3.8, 4) is 5.75 Å². The highest BCUT2D eigenvalue weighted by atomic mass is 35.5. The topological polar surface area (TPSA) is 47.6 Å². The van der Waals surface area contributed by atoms with Crippen molar-refractivity contribution in [2.24, 2.45) is 0 Å². The molecular weight excluding hydrogens is 338 g/mol. The number of hydrogen-bond acceptors (Lipinski definition) is 3. The average Bonchev–Trinajstić information content (AvgIpc) is 2.58. The Kier molecular flexibility index (Phi) is 7.29. The molecule has 0 aliphatic heterocycles. The Morgan fingerprint density at radius 2 is 1.80 bits per heavy atom. The second kappa shape index (κ2) is 9.44. The van der Waals surface area contributed by atoms with Gasteiger partial charge in [0.15, 0.2) is 6.10 Å². The summed E-state index contributed by atoms with van der Waals surface area (Å²) in [5.41, 5.74) is 2.10. The first-order valence-corrected chi connectivity index (χ1v) is 8.72. The largest absolute Gasteiger partial charge is 0.481 e. The molecule has 2 rings (SSSR count). The van der Waals surface area contributed by atoms with Crippen LogP contribution in [-0.2, 0) is 22.7 Å². The lowest BCUT2D eigenvalue weighted by molar-refractivity contribution is -0.127. The minimum absolute atomic E-state index is 0.161. The maximum absolute atomic E-state index is 12.3. The molecule has 1 unspecified atom stereocenters. The predicted molar refractivity (Wildman–Crippen MR) is 99.8 cm³/mol. The molecule has 25 heavy (non-hydrogen) atoms. The smallest absolute Gasteiger partial charge is 0.261 e. The maximum atomic E-state index is 12.3. The van der Waals surface area contributed by atoms with Crippen molar-refractivity contribution in [3.05, 3.63) is 64.7 Å². The summed E-state index contributed by atoms with van der Waals surface area (Å²) in [6.45, 7) is 6.67. The summed E-state index contributed by atoms with van der Waals surface area (Å²) in [4.78, 5) is 12.3. The van der Waals surface area contributed by atoms with Crippen molar-refractivity contribution in [1.82, 2.24) is 5.32 Å². The lowest BCUT2D eigenvalue weighted by Gasteiger charge is -2.16. The lowest BCUT2D eigenvalue weighted by atomic mass is 10.1. The molecule has 0 saturated heterocycles. The van der Waals surface area contributed by atoms with E-state index < -0.39 is 6.10 Å². The molecule has 5 heteroatoms. The van der Waals surface area contributed by atoms with E-state index in [-0.39, 0.29) is 12.0 Å². The first kappa shape index (κ1) is 19.3. The molecule has 4 nitrogen and oxygen atoms in total. The highest BCUT2D eigenvalue weighted by Crippen LogP contribution is 2.18. The summed E-state index contributed by atoms with van der Waals surface area (Å²) in [6.07, 6.45) is -0.452. The van der Waals surface area contributed by atoms with Crippen molar-refractivity contribution in [2.75, 3.05) is 0 Å². The highest BCUT2D eigenvalue weighted by Gasteiger charge is 2.15. The zero-order valence-electron chi connectivity index (χ0n) is 14.8. The quantitative estimate of drug-likeness (QED) is 0.760. The van der Waals surface area contributed by atoms with Gasteiger partial charge >= 0.3 is 0 Å². The van der Waals surface area contributed by atoms with E-state index in [9.17, 15) is 4.79 Å². The third-order valence-electron chi connectivity index (χ3n) is 3.62. The first-order chi connectivity index (χ1) is 12.0. The molecule has 0 fully saturated rings. The molecule has 1 atom stereocenters. The van der Waals surface area contributed by atoms with Gasteiger partial charge in [-0.05, 0) is 50.1 Å². The van der Waals surface area contributed by atoms with Gasteiger partial charge in [0.2, 0.25) is 0 Å². The van der Waals surface area contributed by atoms with Gasteiger partial charge in [0.05, 0.1) is 12.7 Å². The summed E-state index contributed by atoms with van der Waals surface area (Å²) in [6, 6.07) is 14.9. The van der Waals surface area contributed by atoms with E-state index in [0.717, 1.165) is 11.1 Å². The number of carbonyl (C=O) groups excluding carboxylic acids is 1. The van der Waals surface area contributed by atoms with Crippen molar-refractivity contribution in [1.29, 1.82) is 0 Å². The molecule has 0 saturated carbocycles. The van der Waals surface area contributed by atoms with Crippen molar-refractivity contribution in [3.63, 3.8) is 0 Å². The number of nitrogens with one attached hydrogen (secondary N) is 1. The van der Waals surface area contributed by atoms with Crippen LogP contribution in [-0.4, -0.2) is 18.1 Å². The van der Waals surface area contributed by atoms with Gasteiger partial charge in [0.25, 0.3) is 5.91 Å². The monoisotopic (exact) mass is 361 g/mol. The fourth-order valence-corrected chi connectivity index (χ4v) is 2.43. The van der Waals surface area contributed by atoms with Crippen LogP contribution in [0.3, 0.4) is 0 Å². The SMILES string of the molecule is CC(C)OCc1ccccc1CNC(=O)C(C)Oc1cccc(Cl)c1. The molecule has 0 radical (unpaired) electrons. The van der Waals surface area contributed by atoms with Crippen molar-refractivity contribution in [2.45, 2.75) is 46.1 Å². The Labute approximate surface area is 154 Å². The van der Waals surface area contributed by atoms with E-state index >= 15 is 0 Å². The summed E-state index contributed by atoms with van der Waals surface area (Å²) in [5.74, 6) is 0.389. The van der Waals surface area contributed by atoms with Gasteiger partial charge in [-0.3, -0.25) is 4.79 Å². The van der Waals surface area contributed by atoms with Gasteiger partial charge in [-0.15, -0.1) is 0 Å². The van der Waals surface area contributed by atoms with Crippen LogP contribution in [0, 0.1) is 0 Å². The van der Waals surface area contributed by atoms with Crippen LogP contribution in [0.4, 0.5) is 0 Å².